The molecule has 2 rings (SSSR count). The van der Waals surface area contributed by atoms with E-state index in [2.05, 4.69) is 6.58 Å². The van der Waals surface area contributed by atoms with Crippen LogP contribution in [0.3, 0.4) is 0 Å². The topological polar surface area (TPSA) is 57.6 Å². The highest BCUT2D eigenvalue weighted by Crippen LogP contribution is 2.25. The number of amides is 1. The third kappa shape index (κ3) is 2.59. The number of carboxylic acids is 1. The Labute approximate surface area is 106 Å². The summed E-state index contributed by atoms with van der Waals surface area (Å²) in [5.74, 6) is -0.561. The van der Waals surface area contributed by atoms with Gasteiger partial charge in [-0.05, 0) is 17.7 Å². The molecule has 1 aromatic rings. The fourth-order valence-electron chi connectivity index (χ4n) is 2.11. The zero-order chi connectivity index (χ0) is 13.1. The molecule has 0 aromatic heterocycles. The van der Waals surface area contributed by atoms with Crippen molar-refractivity contribution in [2.75, 3.05) is 11.4 Å². The lowest BCUT2D eigenvalue weighted by atomic mass is 10.1. The van der Waals surface area contributed by atoms with Crippen LogP contribution in [0.1, 0.15) is 12.0 Å². The van der Waals surface area contributed by atoms with E-state index >= 15 is 0 Å². The molecule has 0 bridgehead atoms. The third-order valence-corrected chi connectivity index (χ3v) is 3.09. The van der Waals surface area contributed by atoms with Gasteiger partial charge in [0.25, 0.3) is 0 Å². The van der Waals surface area contributed by atoms with Crippen LogP contribution in [0.5, 0.6) is 0 Å². The Morgan fingerprint density at radius 3 is 2.61 bits per heavy atom. The molecule has 1 unspecified atom stereocenters. The van der Waals surface area contributed by atoms with Crippen LogP contribution in [0, 0.1) is 5.92 Å². The number of nitrogens with zero attached hydrogens (tertiary/aromatic N) is 1. The van der Waals surface area contributed by atoms with Gasteiger partial charge in [0.1, 0.15) is 0 Å². The van der Waals surface area contributed by atoms with Crippen molar-refractivity contribution in [2.24, 2.45) is 5.92 Å². The summed E-state index contributed by atoms with van der Waals surface area (Å²) >= 11 is 0. The molecule has 1 aliphatic heterocycles. The van der Waals surface area contributed by atoms with Gasteiger partial charge in [0.05, 0.1) is 6.42 Å². The molecule has 4 heteroatoms. The van der Waals surface area contributed by atoms with Gasteiger partial charge < -0.3 is 10.0 Å². The minimum absolute atomic E-state index is 0.00348. The Morgan fingerprint density at radius 1 is 1.44 bits per heavy atom. The second kappa shape index (κ2) is 5.04. The Morgan fingerprint density at radius 2 is 2.11 bits per heavy atom. The predicted octanol–water partition coefficient (Wildman–Crippen LogP) is 1.85. The molecule has 1 saturated heterocycles. The molecule has 1 N–H and O–H groups in total. The molecule has 18 heavy (non-hydrogen) atoms. The summed E-state index contributed by atoms with van der Waals surface area (Å²) in [6.45, 7) is 4.36. The fourth-order valence-corrected chi connectivity index (χ4v) is 2.11. The summed E-state index contributed by atoms with van der Waals surface area (Å²) in [5, 5.41) is 8.68. The highest BCUT2D eigenvalue weighted by atomic mass is 16.4. The number of carbonyl (C=O) groups is 2. The van der Waals surface area contributed by atoms with E-state index in [1.165, 1.54) is 0 Å². The summed E-state index contributed by atoms with van der Waals surface area (Å²) in [6.07, 6.45) is 2.31. The monoisotopic (exact) mass is 245 g/mol. The SMILES string of the molecule is C=CC1CC(=O)N(c2ccc(CC(=O)O)cc2)C1. The molecule has 1 atom stereocenters. The quantitative estimate of drug-likeness (QED) is 0.824. The van der Waals surface area contributed by atoms with E-state index in [1.807, 2.05) is 0 Å². The van der Waals surface area contributed by atoms with Crippen LogP contribution >= 0.6 is 0 Å². The second-order valence-electron chi connectivity index (χ2n) is 4.44. The summed E-state index contributed by atoms with van der Waals surface area (Å²) in [6, 6.07) is 7.08. The lowest BCUT2D eigenvalue weighted by Gasteiger charge is -2.16. The maximum absolute atomic E-state index is 11.8. The van der Waals surface area contributed by atoms with Crippen molar-refractivity contribution in [3.8, 4) is 0 Å². The van der Waals surface area contributed by atoms with Gasteiger partial charge in [0.15, 0.2) is 0 Å². The minimum Gasteiger partial charge on any atom is -0.481 e. The van der Waals surface area contributed by atoms with Gasteiger partial charge in [0, 0.05) is 24.6 Å². The summed E-state index contributed by atoms with van der Waals surface area (Å²) in [4.78, 5) is 24.1. The standard InChI is InChI=1S/C14H15NO3/c1-2-10-7-13(16)15(9-10)12-5-3-11(4-6-12)8-14(17)18/h2-6,10H,1,7-9H2,(H,17,18). The van der Waals surface area contributed by atoms with Gasteiger partial charge in [-0.3, -0.25) is 9.59 Å². The zero-order valence-corrected chi connectivity index (χ0v) is 10.0. The Kier molecular flexibility index (Phi) is 3.46. The van der Waals surface area contributed by atoms with Crippen LogP contribution in [0.15, 0.2) is 36.9 Å². The first-order valence-electron chi connectivity index (χ1n) is 5.84. The zero-order valence-electron chi connectivity index (χ0n) is 10.0. The smallest absolute Gasteiger partial charge is 0.307 e. The molecule has 4 nitrogen and oxygen atoms in total. The average molecular weight is 245 g/mol. The number of anilines is 1. The highest BCUT2D eigenvalue weighted by molar-refractivity contribution is 5.96. The number of hydrogen-bond acceptors (Lipinski definition) is 2. The second-order valence-corrected chi connectivity index (χ2v) is 4.44. The Bertz CT molecular complexity index is 478. The van der Waals surface area contributed by atoms with E-state index in [0.717, 1.165) is 11.3 Å². The first-order valence-corrected chi connectivity index (χ1v) is 5.84. The van der Waals surface area contributed by atoms with Crippen molar-refractivity contribution in [3.63, 3.8) is 0 Å². The maximum atomic E-state index is 11.8. The maximum Gasteiger partial charge on any atom is 0.307 e. The van der Waals surface area contributed by atoms with Crippen molar-refractivity contribution in [1.29, 1.82) is 0 Å². The molecule has 1 amide bonds. The van der Waals surface area contributed by atoms with Crippen LogP contribution in [-0.4, -0.2) is 23.5 Å². The van der Waals surface area contributed by atoms with Crippen LogP contribution in [0.25, 0.3) is 0 Å². The van der Waals surface area contributed by atoms with E-state index in [1.54, 1.807) is 35.2 Å². The first kappa shape index (κ1) is 12.4. The average Bonchev–Trinajstić information content (AvgIpc) is 2.71. The predicted molar refractivity (Wildman–Crippen MR) is 68.4 cm³/mol. The molecule has 0 aliphatic carbocycles. The van der Waals surface area contributed by atoms with Gasteiger partial charge in [-0.15, -0.1) is 6.58 Å². The summed E-state index contributed by atoms with van der Waals surface area (Å²) < 4.78 is 0. The molecule has 0 spiro atoms. The molecule has 0 saturated carbocycles. The molecular weight excluding hydrogens is 230 g/mol. The summed E-state index contributed by atoms with van der Waals surface area (Å²) in [7, 11) is 0. The van der Waals surface area contributed by atoms with Crippen molar-refractivity contribution in [1.82, 2.24) is 0 Å². The van der Waals surface area contributed by atoms with Gasteiger partial charge >= 0.3 is 5.97 Å². The molecule has 94 valence electrons. The van der Waals surface area contributed by atoms with Gasteiger partial charge in [-0.25, -0.2) is 0 Å². The van der Waals surface area contributed by atoms with Crippen molar-refractivity contribution < 1.29 is 14.7 Å². The van der Waals surface area contributed by atoms with E-state index in [4.69, 9.17) is 5.11 Å². The number of benzene rings is 1. The fraction of sp³-hybridized carbons (Fsp3) is 0.286. The molecule has 0 radical (unpaired) electrons. The lowest BCUT2D eigenvalue weighted by molar-refractivity contribution is -0.136. The molecule has 1 aromatic carbocycles. The number of aliphatic carboxylic acids is 1. The van der Waals surface area contributed by atoms with Crippen LogP contribution in [0.2, 0.25) is 0 Å². The van der Waals surface area contributed by atoms with Crippen molar-refractivity contribution >= 4 is 17.6 Å². The van der Waals surface area contributed by atoms with Crippen molar-refractivity contribution in [3.05, 3.63) is 42.5 Å². The number of hydrogen-bond donors (Lipinski definition) is 1. The molecule has 1 fully saturated rings. The van der Waals surface area contributed by atoms with E-state index in [0.29, 0.717) is 13.0 Å². The largest absolute Gasteiger partial charge is 0.481 e. The normalized spacial score (nSPS) is 19.0. The van der Waals surface area contributed by atoms with Crippen LogP contribution < -0.4 is 4.90 Å². The van der Waals surface area contributed by atoms with Gasteiger partial charge in [0.2, 0.25) is 5.91 Å². The lowest BCUT2D eigenvalue weighted by Crippen LogP contribution is -2.24. The number of carboxylic acid groups (broad SMARTS) is 1. The van der Waals surface area contributed by atoms with E-state index < -0.39 is 5.97 Å². The first-order chi connectivity index (χ1) is 8.60. The van der Waals surface area contributed by atoms with Gasteiger partial charge in [-0.2, -0.15) is 0 Å². The number of carbonyl (C=O) groups excluding carboxylic acids is 1. The van der Waals surface area contributed by atoms with Crippen LogP contribution in [-0.2, 0) is 16.0 Å². The van der Waals surface area contributed by atoms with Crippen molar-refractivity contribution in [2.45, 2.75) is 12.8 Å². The van der Waals surface area contributed by atoms with Crippen LogP contribution in [0.4, 0.5) is 5.69 Å². The number of rotatable bonds is 4. The molecular formula is C14H15NO3. The minimum atomic E-state index is -0.855. The Balaban J connectivity index is 2.12. The van der Waals surface area contributed by atoms with E-state index in [-0.39, 0.29) is 18.2 Å². The summed E-state index contributed by atoms with van der Waals surface area (Å²) in [5.41, 5.74) is 1.55. The Hall–Kier alpha value is -2.10. The van der Waals surface area contributed by atoms with E-state index in [9.17, 15) is 9.59 Å². The molecule has 1 aliphatic rings. The highest BCUT2D eigenvalue weighted by Gasteiger charge is 2.28. The van der Waals surface area contributed by atoms with Gasteiger partial charge in [-0.1, -0.05) is 18.2 Å². The third-order valence-electron chi connectivity index (χ3n) is 3.09. The molecule has 1 heterocycles.